The van der Waals surface area contributed by atoms with Crippen molar-refractivity contribution in [3.63, 3.8) is 0 Å². The van der Waals surface area contributed by atoms with Gasteiger partial charge in [-0.1, -0.05) is 0 Å². The maximum atomic E-state index is 8.55. The van der Waals surface area contributed by atoms with Crippen molar-refractivity contribution < 1.29 is 14.6 Å². The molecule has 1 aliphatic rings. The highest BCUT2D eigenvalue weighted by molar-refractivity contribution is 4.68. The molecule has 2 atom stereocenters. The van der Waals surface area contributed by atoms with Gasteiger partial charge in [-0.05, 0) is 13.8 Å². The van der Waals surface area contributed by atoms with Crippen LogP contribution >= 0.6 is 0 Å². The van der Waals surface area contributed by atoms with Crippen LogP contribution in [0, 0.1) is 0 Å². The van der Waals surface area contributed by atoms with Crippen molar-refractivity contribution in [1.29, 1.82) is 0 Å². The Labute approximate surface area is 54.6 Å². The number of ether oxygens (including phenoxy) is 2. The largest absolute Gasteiger partial charge is 0.391 e. The lowest BCUT2D eigenvalue weighted by Gasteiger charge is -2.02. The van der Waals surface area contributed by atoms with Crippen LogP contribution in [0.5, 0.6) is 0 Å². The van der Waals surface area contributed by atoms with Crippen molar-refractivity contribution in [1.82, 2.24) is 0 Å². The molecule has 3 nitrogen and oxygen atoms in total. The lowest BCUT2D eigenvalue weighted by molar-refractivity contribution is -0.0921. The molecule has 0 aliphatic carbocycles. The Kier molecular flexibility index (Phi) is 2.05. The predicted octanol–water partition coefficient (Wildman–Crippen LogP) is 0.129. The van der Waals surface area contributed by atoms with Crippen molar-refractivity contribution >= 4 is 0 Å². The monoisotopic (exact) mass is 132 g/mol. The van der Waals surface area contributed by atoms with Crippen LogP contribution in [-0.4, -0.2) is 30.2 Å². The van der Waals surface area contributed by atoms with Crippen molar-refractivity contribution in [2.75, 3.05) is 6.61 Å². The molecule has 0 saturated carbocycles. The van der Waals surface area contributed by atoms with Gasteiger partial charge in [0.2, 0.25) is 0 Å². The lowest BCUT2D eigenvalue weighted by Crippen LogP contribution is -2.13. The summed E-state index contributed by atoms with van der Waals surface area (Å²) < 4.78 is 10.3. The minimum Gasteiger partial charge on any atom is -0.391 e. The van der Waals surface area contributed by atoms with Crippen LogP contribution in [0.25, 0.3) is 0 Å². The van der Waals surface area contributed by atoms with Crippen LogP contribution in [0.2, 0.25) is 0 Å². The molecule has 2 unspecified atom stereocenters. The minimum atomic E-state index is -0.394. The highest BCUT2D eigenvalue weighted by Gasteiger charge is 2.28. The molecule has 1 fully saturated rings. The molecular weight excluding hydrogens is 120 g/mol. The third-order valence-corrected chi connectivity index (χ3v) is 1.54. The van der Waals surface area contributed by atoms with Crippen LogP contribution in [-0.2, 0) is 9.47 Å². The van der Waals surface area contributed by atoms with E-state index in [0.29, 0.717) is 0 Å². The summed E-state index contributed by atoms with van der Waals surface area (Å²) in [6.45, 7) is 3.81. The first kappa shape index (κ1) is 6.99. The Hall–Kier alpha value is -0.120. The summed E-state index contributed by atoms with van der Waals surface area (Å²) in [5.74, 6) is 0. The predicted molar refractivity (Wildman–Crippen MR) is 32.0 cm³/mol. The molecule has 1 rings (SSSR count). The van der Waals surface area contributed by atoms with Crippen LogP contribution in [0.1, 0.15) is 13.8 Å². The number of rotatable bonds is 1. The SMILES string of the molecule is CC1OC(CO)OC1C. The highest BCUT2D eigenvalue weighted by atomic mass is 16.7. The quantitative estimate of drug-likeness (QED) is 0.551. The maximum Gasteiger partial charge on any atom is 0.181 e. The fraction of sp³-hybridized carbons (Fsp3) is 1.00. The zero-order chi connectivity index (χ0) is 6.85. The van der Waals surface area contributed by atoms with E-state index >= 15 is 0 Å². The van der Waals surface area contributed by atoms with Crippen LogP contribution in [0.4, 0.5) is 0 Å². The molecular formula is C6H12O3. The van der Waals surface area contributed by atoms with Gasteiger partial charge in [-0.2, -0.15) is 0 Å². The van der Waals surface area contributed by atoms with E-state index < -0.39 is 6.29 Å². The summed E-state index contributed by atoms with van der Waals surface area (Å²) in [5, 5.41) is 8.55. The van der Waals surface area contributed by atoms with Crippen molar-refractivity contribution in [3.05, 3.63) is 0 Å². The fourth-order valence-electron chi connectivity index (χ4n) is 0.818. The molecule has 0 aromatic rings. The zero-order valence-electron chi connectivity index (χ0n) is 5.70. The van der Waals surface area contributed by atoms with Gasteiger partial charge in [-0.15, -0.1) is 0 Å². The van der Waals surface area contributed by atoms with E-state index in [-0.39, 0.29) is 18.8 Å². The Bertz CT molecular complexity index is 84.3. The van der Waals surface area contributed by atoms with E-state index in [1.54, 1.807) is 0 Å². The van der Waals surface area contributed by atoms with Gasteiger partial charge >= 0.3 is 0 Å². The van der Waals surface area contributed by atoms with Gasteiger partial charge in [0, 0.05) is 0 Å². The summed E-state index contributed by atoms with van der Waals surface area (Å²) in [6.07, 6.45) is -0.167. The van der Waals surface area contributed by atoms with Crippen LogP contribution in [0.15, 0.2) is 0 Å². The molecule has 0 bridgehead atoms. The van der Waals surface area contributed by atoms with E-state index in [1.807, 2.05) is 13.8 Å². The topological polar surface area (TPSA) is 38.7 Å². The number of aliphatic hydroxyl groups excluding tert-OH is 1. The normalized spacial score (nSPS) is 43.7. The van der Waals surface area contributed by atoms with Crippen molar-refractivity contribution in [2.45, 2.75) is 32.3 Å². The fourth-order valence-corrected chi connectivity index (χ4v) is 0.818. The molecule has 0 aromatic heterocycles. The average Bonchev–Trinajstić information content (AvgIpc) is 2.13. The van der Waals surface area contributed by atoms with Gasteiger partial charge in [0.25, 0.3) is 0 Å². The second-order valence-electron chi connectivity index (χ2n) is 2.29. The number of hydrogen-bond acceptors (Lipinski definition) is 3. The zero-order valence-corrected chi connectivity index (χ0v) is 5.70. The highest BCUT2D eigenvalue weighted by Crippen LogP contribution is 2.16. The molecule has 0 aromatic carbocycles. The summed E-state index contributed by atoms with van der Waals surface area (Å²) >= 11 is 0. The van der Waals surface area contributed by atoms with E-state index in [2.05, 4.69) is 0 Å². The van der Waals surface area contributed by atoms with Crippen LogP contribution < -0.4 is 0 Å². The summed E-state index contributed by atoms with van der Waals surface area (Å²) in [6, 6.07) is 0. The first-order chi connectivity index (χ1) is 4.24. The van der Waals surface area contributed by atoms with E-state index in [9.17, 15) is 0 Å². The summed E-state index contributed by atoms with van der Waals surface area (Å²) in [5.41, 5.74) is 0. The minimum absolute atomic E-state index is 0.0469. The molecule has 9 heavy (non-hydrogen) atoms. The van der Waals surface area contributed by atoms with Gasteiger partial charge in [0.15, 0.2) is 6.29 Å². The number of hydrogen-bond donors (Lipinski definition) is 1. The van der Waals surface area contributed by atoms with Gasteiger partial charge < -0.3 is 14.6 Å². The first-order valence-electron chi connectivity index (χ1n) is 3.16. The van der Waals surface area contributed by atoms with E-state index in [0.717, 1.165) is 0 Å². The molecule has 1 aliphatic heterocycles. The second-order valence-corrected chi connectivity index (χ2v) is 2.29. The van der Waals surface area contributed by atoms with Crippen molar-refractivity contribution in [2.24, 2.45) is 0 Å². The average molecular weight is 132 g/mol. The molecule has 0 spiro atoms. The van der Waals surface area contributed by atoms with E-state index in [4.69, 9.17) is 14.6 Å². The molecule has 1 N–H and O–H groups in total. The molecule has 1 heterocycles. The molecule has 3 heteroatoms. The van der Waals surface area contributed by atoms with Gasteiger partial charge in [0.1, 0.15) is 0 Å². The lowest BCUT2D eigenvalue weighted by atomic mass is 10.3. The maximum absolute atomic E-state index is 8.55. The summed E-state index contributed by atoms with van der Waals surface area (Å²) in [7, 11) is 0. The van der Waals surface area contributed by atoms with Crippen molar-refractivity contribution in [3.8, 4) is 0 Å². The third kappa shape index (κ3) is 1.41. The molecule has 0 amide bonds. The van der Waals surface area contributed by atoms with Gasteiger partial charge in [-0.3, -0.25) is 0 Å². The first-order valence-corrected chi connectivity index (χ1v) is 3.16. The smallest absolute Gasteiger partial charge is 0.181 e. The van der Waals surface area contributed by atoms with Gasteiger partial charge in [0.05, 0.1) is 18.8 Å². The molecule has 0 radical (unpaired) electrons. The third-order valence-electron chi connectivity index (χ3n) is 1.54. The Morgan fingerprint density at radius 1 is 1.22 bits per heavy atom. The molecule has 1 saturated heterocycles. The standard InChI is InChI=1S/C6H12O3/c1-4-5(2)9-6(3-7)8-4/h4-7H,3H2,1-2H3. The summed E-state index contributed by atoms with van der Waals surface area (Å²) in [4.78, 5) is 0. The van der Waals surface area contributed by atoms with E-state index in [1.165, 1.54) is 0 Å². The Morgan fingerprint density at radius 2 is 1.67 bits per heavy atom. The number of aliphatic hydroxyl groups is 1. The van der Waals surface area contributed by atoms with Crippen LogP contribution in [0.3, 0.4) is 0 Å². The Morgan fingerprint density at radius 3 is 1.89 bits per heavy atom. The second kappa shape index (κ2) is 2.64. The molecule has 54 valence electrons. The Balaban J connectivity index is 2.35. The van der Waals surface area contributed by atoms with Gasteiger partial charge in [-0.25, -0.2) is 0 Å².